The van der Waals surface area contributed by atoms with Gasteiger partial charge in [0.1, 0.15) is 6.61 Å². The third-order valence-electron chi connectivity index (χ3n) is 2.54. The van der Waals surface area contributed by atoms with Gasteiger partial charge < -0.3 is 4.74 Å². The molecule has 2 heterocycles. The molecule has 0 amide bonds. The molecule has 0 aliphatic rings. The first-order valence-corrected chi connectivity index (χ1v) is 5.73. The molecule has 0 saturated heterocycles. The highest BCUT2D eigenvalue weighted by molar-refractivity contribution is 5.20. The predicted molar refractivity (Wildman–Crippen MR) is 66.9 cm³/mol. The van der Waals surface area contributed by atoms with E-state index in [-0.39, 0.29) is 0 Å². The van der Waals surface area contributed by atoms with Gasteiger partial charge in [0.25, 0.3) is 0 Å². The molecule has 0 radical (unpaired) electrons. The normalized spacial score (nSPS) is 10.5. The van der Waals surface area contributed by atoms with E-state index in [9.17, 15) is 0 Å². The summed E-state index contributed by atoms with van der Waals surface area (Å²) >= 11 is 0. The number of pyridine rings is 2. The van der Waals surface area contributed by atoms with Crippen LogP contribution < -0.4 is 4.74 Å². The van der Waals surface area contributed by atoms with Gasteiger partial charge in [0, 0.05) is 30.2 Å². The molecule has 3 heteroatoms. The highest BCUT2D eigenvalue weighted by Gasteiger charge is 2.01. The highest BCUT2D eigenvalue weighted by atomic mass is 16.5. The molecule has 17 heavy (non-hydrogen) atoms. The Morgan fingerprint density at radius 1 is 1.18 bits per heavy atom. The number of ether oxygens (including phenoxy) is 1. The molecular weight excluding hydrogens is 212 g/mol. The smallest absolute Gasteiger partial charge is 0.213 e. The van der Waals surface area contributed by atoms with Crippen LogP contribution in [0.5, 0.6) is 5.88 Å². The maximum absolute atomic E-state index is 5.58. The second-order valence-corrected chi connectivity index (χ2v) is 4.23. The summed E-state index contributed by atoms with van der Waals surface area (Å²) in [6, 6.07) is 7.84. The van der Waals surface area contributed by atoms with E-state index in [1.54, 1.807) is 12.4 Å². The van der Waals surface area contributed by atoms with Gasteiger partial charge in [-0.15, -0.1) is 0 Å². The van der Waals surface area contributed by atoms with E-state index < -0.39 is 0 Å². The first-order chi connectivity index (χ1) is 8.25. The van der Waals surface area contributed by atoms with Crippen molar-refractivity contribution >= 4 is 0 Å². The zero-order valence-corrected chi connectivity index (χ0v) is 10.1. The average molecular weight is 228 g/mol. The van der Waals surface area contributed by atoms with Crippen LogP contribution >= 0.6 is 0 Å². The molecular formula is C14H16N2O. The van der Waals surface area contributed by atoms with Gasteiger partial charge in [-0.1, -0.05) is 26.0 Å². The topological polar surface area (TPSA) is 35.0 Å². The second kappa shape index (κ2) is 5.43. The van der Waals surface area contributed by atoms with E-state index in [2.05, 4.69) is 29.9 Å². The predicted octanol–water partition coefficient (Wildman–Crippen LogP) is 3.18. The fourth-order valence-corrected chi connectivity index (χ4v) is 1.46. The van der Waals surface area contributed by atoms with Gasteiger partial charge in [0.2, 0.25) is 5.88 Å². The number of nitrogens with zero attached hydrogens (tertiary/aromatic N) is 2. The van der Waals surface area contributed by atoms with Gasteiger partial charge in [0.15, 0.2) is 0 Å². The summed E-state index contributed by atoms with van der Waals surface area (Å²) in [5.74, 6) is 1.15. The van der Waals surface area contributed by atoms with Crippen LogP contribution in [-0.4, -0.2) is 9.97 Å². The van der Waals surface area contributed by atoms with E-state index in [0.29, 0.717) is 18.4 Å². The minimum absolute atomic E-state index is 0.495. The first-order valence-electron chi connectivity index (χ1n) is 5.73. The monoisotopic (exact) mass is 228 g/mol. The summed E-state index contributed by atoms with van der Waals surface area (Å²) in [4.78, 5) is 8.31. The molecule has 0 saturated carbocycles. The lowest BCUT2D eigenvalue weighted by atomic mass is 10.1. The van der Waals surface area contributed by atoms with Crippen molar-refractivity contribution in [1.29, 1.82) is 0 Å². The summed E-state index contributed by atoms with van der Waals surface area (Å²) in [5, 5.41) is 0. The van der Waals surface area contributed by atoms with Crippen molar-refractivity contribution in [2.75, 3.05) is 0 Å². The zero-order chi connectivity index (χ0) is 12.1. The molecule has 0 N–H and O–H groups in total. The standard InChI is InChI=1S/C14H16N2O/c1-11(2)13-5-6-14(16-9-13)17-10-12-4-3-7-15-8-12/h3-9,11H,10H2,1-2H3. The van der Waals surface area contributed by atoms with E-state index in [4.69, 9.17) is 4.74 Å². The maximum atomic E-state index is 5.58. The van der Waals surface area contributed by atoms with Crippen LogP contribution in [-0.2, 0) is 6.61 Å². The molecule has 0 spiro atoms. The van der Waals surface area contributed by atoms with Gasteiger partial charge in [-0.05, 0) is 17.5 Å². The minimum atomic E-state index is 0.495. The molecule has 2 aromatic heterocycles. The Morgan fingerprint density at radius 3 is 2.65 bits per heavy atom. The Hall–Kier alpha value is -1.90. The summed E-state index contributed by atoms with van der Waals surface area (Å²) in [6.07, 6.45) is 5.41. The molecule has 0 aliphatic heterocycles. The number of aromatic nitrogens is 2. The van der Waals surface area contributed by atoms with Crippen LogP contribution in [0.4, 0.5) is 0 Å². The highest BCUT2D eigenvalue weighted by Crippen LogP contribution is 2.16. The van der Waals surface area contributed by atoms with Crippen molar-refractivity contribution in [3.63, 3.8) is 0 Å². The van der Waals surface area contributed by atoms with Crippen molar-refractivity contribution in [2.45, 2.75) is 26.4 Å². The fraction of sp³-hybridized carbons (Fsp3) is 0.286. The minimum Gasteiger partial charge on any atom is -0.473 e. The molecule has 0 unspecified atom stereocenters. The zero-order valence-electron chi connectivity index (χ0n) is 10.1. The Balaban J connectivity index is 1.96. The van der Waals surface area contributed by atoms with Crippen LogP contribution in [0.25, 0.3) is 0 Å². The molecule has 0 aromatic carbocycles. The van der Waals surface area contributed by atoms with E-state index in [1.165, 1.54) is 5.56 Å². The Bertz CT molecular complexity index is 451. The molecule has 2 rings (SSSR count). The molecule has 0 aliphatic carbocycles. The molecule has 0 atom stereocenters. The molecule has 3 nitrogen and oxygen atoms in total. The van der Waals surface area contributed by atoms with Crippen molar-refractivity contribution in [3.05, 3.63) is 54.0 Å². The Kier molecular flexibility index (Phi) is 3.70. The van der Waals surface area contributed by atoms with E-state index in [1.807, 2.05) is 24.4 Å². The summed E-state index contributed by atoms with van der Waals surface area (Å²) < 4.78 is 5.58. The third kappa shape index (κ3) is 3.28. The fourth-order valence-electron chi connectivity index (χ4n) is 1.46. The largest absolute Gasteiger partial charge is 0.473 e. The van der Waals surface area contributed by atoms with Gasteiger partial charge >= 0.3 is 0 Å². The summed E-state index contributed by atoms with van der Waals surface area (Å²) in [6.45, 7) is 4.79. The molecule has 0 bridgehead atoms. The third-order valence-corrected chi connectivity index (χ3v) is 2.54. The van der Waals surface area contributed by atoms with Crippen LogP contribution in [0, 0.1) is 0 Å². The number of hydrogen-bond donors (Lipinski definition) is 0. The van der Waals surface area contributed by atoms with Crippen LogP contribution in [0.3, 0.4) is 0 Å². The average Bonchev–Trinajstić information content (AvgIpc) is 2.38. The van der Waals surface area contributed by atoms with Gasteiger partial charge in [-0.2, -0.15) is 0 Å². The van der Waals surface area contributed by atoms with Crippen molar-refractivity contribution in [2.24, 2.45) is 0 Å². The van der Waals surface area contributed by atoms with Crippen LogP contribution in [0.1, 0.15) is 30.9 Å². The molecule has 0 fully saturated rings. The van der Waals surface area contributed by atoms with Crippen molar-refractivity contribution < 1.29 is 4.74 Å². The number of hydrogen-bond acceptors (Lipinski definition) is 3. The quantitative estimate of drug-likeness (QED) is 0.806. The lowest BCUT2D eigenvalue weighted by molar-refractivity contribution is 0.293. The SMILES string of the molecule is CC(C)c1ccc(OCc2cccnc2)nc1. The first kappa shape index (κ1) is 11.6. The summed E-state index contributed by atoms with van der Waals surface area (Å²) in [5.41, 5.74) is 2.26. The van der Waals surface area contributed by atoms with Crippen LogP contribution in [0.15, 0.2) is 42.9 Å². The lowest BCUT2D eigenvalue weighted by Gasteiger charge is -2.07. The lowest BCUT2D eigenvalue weighted by Crippen LogP contribution is -1.98. The molecule has 2 aromatic rings. The van der Waals surface area contributed by atoms with Gasteiger partial charge in [0.05, 0.1) is 0 Å². The van der Waals surface area contributed by atoms with E-state index >= 15 is 0 Å². The second-order valence-electron chi connectivity index (χ2n) is 4.23. The van der Waals surface area contributed by atoms with Crippen molar-refractivity contribution in [1.82, 2.24) is 9.97 Å². The summed E-state index contributed by atoms with van der Waals surface area (Å²) in [7, 11) is 0. The van der Waals surface area contributed by atoms with Crippen molar-refractivity contribution in [3.8, 4) is 5.88 Å². The van der Waals surface area contributed by atoms with Crippen LogP contribution in [0.2, 0.25) is 0 Å². The van der Waals surface area contributed by atoms with Gasteiger partial charge in [-0.25, -0.2) is 4.98 Å². The Labute approximate surface area is 102 Å². The molecule has 88 valence electrons. The Morgan fingerprint density at radius 2 is 2.06 bits per heavy atom. The van der Waals surface area contributed by atoms with Gasteiger partial charge in [-0.3, -0.25) is 4.98 Å². The van der Waals surface area contributed by atoms with E-state index in [0.717, 1.165) is 5.56 Å². The maximum Gasteiger partial charge on any atom is 0.213 e. The number of rotatable bonds is 4.